The van der Waals surface area contributed by atoms with E-state index in [9.17, 15) is 4.79 Å². The lowest BCUT2D eigenvalue weighted by atomic mass is 9.95. The van der Waals surface area contributed by atoms with Crippen molar-refractivity contribution in [2.75, 3.05) is 44.8 Å². The fourth-order valence-corrected chi connectivity index (χ4v) is 7.70. The Morgan fingerprint density at radius 2 is 1.77 bits per heavy atom. The van der Waals surface area contributed by atoms with Gasteiger partial charge in [0.2, 0.25) is 0 Å². The van der Waals surface area contributed by atoms with E-state index in [1.807, 2.05) is 37.8 Å². The maximum absolute atomic E-state index is 16.5. The van der Waals surface area contributed by atoms with Crippen LogP contribution in [0.4, 0.5) is 15.0 Å². The highest BCUT2D eigenvalue weighted by Gasteiger charge is 2.46. The minimum Gasteiger partial charge on any atom is -0.496 e. The minimum atomic E-state index is -0.571. The molecule has 1 aromatic carbocycles. The first kappa shape index (κ1) is 29.0. The molecule has 0 radical (unpaired) electrons. The third kappa shape index (κ3) is 5.08. The van der Waals surface area contributed by atoms with E-state index >= 15 is 4.39 Å². The largest absolute Gasteiger partial charge is 0.496 e. The Morgan fingerprint density at radius 3 is 2.45 bits per heavy atom. The summed E-state index contributed by atoms with van der Waals surface area (Å²) in [6, 6.07) is 7.34. The molecule has 6 heterocycles. The van der Waals surface area contributed by atoms with Crippen molar-refractivity contribution in [2.24, 2.45) is 0 Å². The molecule has 4 aliphatic rings. The summed E-state index contributed by atoms with van der Waals surface area (Å²) in [5.41, 5.74) is 0.300. The van der Waals surface area contributed by atoms with Gasteiger partial charge in [-0.15, -0.1) is 0 Å². The molecule has 0 N–H and O–H groups in total. The highest BCUT2D eigenvalue weighted by Crippen LogP contribution is 2.41. The van der Waals surface area contributed by atoms with Gasteiger partial charge in [-0.05, 0) is 84.5 Å². The van der Waals surface area contributed by atoms with Gasteiger partial charge in [0.25, 0.3) is 0 Å². The quantitative estimate of drug-likeness (QED) is 0.365. The van der Waals surface area contributed by atoms with Gasteiger partial charge < -0.3 is 19.1 Å². The molecule has 0 spiro atoms. The number of carbonyl (C=O) groups is 1. The highest BCUT2D eigenvalue weighted by atomic mass is 19.1. The number of pyridine rings is 1. The van der Waals surface area contributed by atoms with Crippen LogP contribution in [0.25, 0.3) is 22.2 Å². The summed E-state index contributed by atoms with van der Waals surface area (Å²) in [4.78, 5) is 33.8. The standard InChI is InChI=1S/C33H41FN6O4/c1-32(2,3)44-31(41)40-21-11-12-22(40)19-38(18-21)29-24-17-35-27(23-9-5-6-10-25(23)42-4)26(34)28(24)36-30(37-29)43-20-33-13-7-15-39(33)16-8-14-33/h5-6,9-10,17,21-22H,7-8,11-16,18-20H2,1-4H3. The van der Waals surface area contributed by atoms with Crippen LogP contribution in [0.3, 0.4) is 0 Å². The molecular weight excluding hydrogens is 563 g/mol. The first-order valence-corrected chi connectivity index (χ1v) is 15.8. The molecule has 3 aromatic rings. The number of fused-ring (bicyclic) bond motifs is 4. The molecule has 234 valence electrons. The number of aromatic nitrogens is 3. The van der Waals surface area contributed by atoms with E-state index in [4.69, 9.17) is 19.2 Å². The van der Waals surface area contributed by atoms with Crippen LogP contribution in [-0.2, 0) is 4.74 Å². The molecule has 4 fully saturated rings. The normalized spacial score (nSPS) is 22.8. The molecule has 0 saturated carbocycles. The van der Waals surface area contributed by atoms with Crippen LogP contribution >= 0.6 is 0 Å². The molecular formula is C33H41FN6O4. The first-order valence-electron chi connectivity index (χ1n) is 15.8. The molecule has 0 aliphatic carbocycles. The van der Waals surface area contributed by atoms with E-state index in [2.05, 4.69) is 19.8 Å². The zero-order valence-corrected chi connectivity index (χ0v) is 26.0. The van der Waals surface area contributed by atoms with Gasteiger partial charge in [0, 0.05) is 24.8 Å². The Morgan fingerprint density at radius 1 is 1.07 bits per heavy atom. The molecule has 11 heteroatoms. The van der Waals surface area contributed by atoms with Crippen LogP contribution in [-0.4, -0.2) is 94.0 Å². The number of para-hydroxylation sites is 1. The highest BCUT2D eigenvalue weighted by molar-refractivity contribution is 5.92. The SMILES string of the molecule is COc1ccccc1-c1ncc2c(N3CC4CCC(C3)N4C(=O)OC(C)(C)C)nc(OCC34CCCN3CCC4)nc2c1F. The van der Waals surface area contributed by atoms with Crippen molar-refractivity contribution in [3.8, 4) is 23.0 Å². The average Bonchev–Trinajstić information content (AvgIpc) is 3.66. The van der Waals surface area contributed by atoms with Crippen LogP contribution in [0, 0.1) is 5.82 Å². The van der Waals surface area contributed by atoms with Crippen molar-refractivity contribution in [2.45, 2.75) is 82.5 Å². The van der Waals surface area contributed by atoms with Crippen molar-refractivity contribution in [1.82, 2.24) is 24.8 Å². The monoisotopic (exact) mass is 604 g/mol. The van der Waals surface area contributed by atoms with E-state index < -0.39 is 11.4 Å². The van der Waals surface area contributed by atoms with Gasteiger partial charge in [0.1, 0.15) is 35.0 Å². The summed E-state index contributed by atoms with van der Waals surface area (Å²) in [5, 5.41) is 0.514. The third-order valence-electron chi connectivity index (χ3n) is 9.67. The number of carbonyl (C=O) groups excluding carboxylic acids is 1. The van der Waals surface area contributed by atoms with Crippen molar-refractivity contribution in [3.63, 3.8) is 0 Å². The fraction of sp³-hybridized carbons (Fsp3) is 0.576. The van der Waals surface area contributed by atoms with Crippen LogP contribution < -0.4 is 14.4 Å². The molecule has 1 amide bonds. The zero-order valence-electron chi connectivity index (χ0n) is 26.0. The number of hydrogen-bond donors (Lipinski definition) is 0. The number of halogens is 1. The lowest BCUT2D eigenvalue weighted by Crippen LogP contribution is -2.57. The predicted molar refractivity (Wildman–Crippen MR) is 165 cm³/mol. The van der Waals surface area contributed by atoms with E-state index in [0.717, 1.165) is 51.6 Å². The third-order valence-corrected chi connectivity index (χ3v) is 9.67. The molecule has 2 aromatic heterocycles. The summed E-state index contributed by atoms with van der Waals surface area (Å²) in [7, 11) is 1.56. The summed E-state index contributed by atoms with van der Waals surface area (Å²) in [6.07, 6.45) is 7.58. The minimum absolute atomic E-state index is 0.00398. The van der Waals surface area contributed by atoms with E-state index in [1.54, 1.807) is 25.4 Å². The maximum atomic E-state index is 16.5. The molecule has 10 nitrogen and oxygen atoms in total. The Hall–Kier alpha value is -3.73. The second kappa shape index (κ2) is 11.0. The number of piperazine rings is 1. The lowest BCUT2D eigenvalue weighted by molar-refractivity contribution is 0.0122. The van der Waals surface area contributed by atoms with Crippen molar-refractivity contribution in [3.05, 3.63) is 36.3 Å². The smallest absolute Gasteiger partial charge is 0.410 e. The molecule has 2 atom stereocenters. The Balaban J connectivity index is 1.26. The zero-order chi connectivity index (χ0) is 30.6. The van der Waals surface area contributed by atoms with E-state index in [0.29, 0.717) is 42.2 Å². The van der Waals surface area contributed by atoms with Gasteiger partial charge >= 0.3 is 12.1 Å². The van der Waals surface area contributed by atoms with Gasteiger partial charge in [0.05, 0.1) is 30.1 Å². The first-order chi connectivity index (χ1) is 21.2. The number of anilines is 1. The Kier molecular flexibility index (Phi) is 7.26. The molecule has 7 rings (SSSR count). The van der Waals surface area contributed by atoms with Gasteiger partial charge in [-0.2, -0.15) is 9.97 Å². The van der Waals surface area contributed by atoms with Gasteiger partial charge in [-0.3, -0.25) is 14.8 Å². The number of rotatable bonds is 6. The number of nitrogens with zero attached hydrogens (tertiary/aromatic N) is 6. The summed E-state index contributed by atoms with van der Waals surface area (Å²) < 4.78 is 34.1. The van der Waals surface area contributed by atoms with Crippen LogP contribution in [0.2, 0.25) is 0 Å². The number of methoxy groups -OCH3 is 1. The van der Waals surface area contributed by atoms with Gasteiger partial charge in [-0.1, -0.05) is 12.1 Å². The van der Waals surface area contributed by atoms with Crippen LogP contribution in [0.15, 0.2) is 30.5 Å². The van der Waals surface area contributed by atoms with Crippen LogP contribution in [0.5, 0.6) is 11.8 Å². The molecule has 4 saturated heterocycles. The van der Waals surface area contributed by atoms with Gasteiger partial charge in [0.15, 0.2) is 5.82 Å². The lowest BCUT2D eigenvalue weighted by Gasteiger charge is -2.42. The number of ether oxygens (including phenoxy) is 3. The maximum Gasteiger partial charge on any atom is 0.410 e. The number of benzene rings is 1. The average molecular weight is 605 g/mol. The van der Waals surface area contributed by atoms with E-state index in [-0.39, 0.29) is 40.9 Å². The fourth-order valence-electron chi connectivity index (χ4n) is 7.70. The van der Waals surface area contributed by atoms with E-state index in [1.165, 1.54) is 0 Å². The molecule has 2 bridgehead atoms. The number of hydrogen-bond acceptors (Lipinski definition) is 9. The predicted octanol–water partition coefficient (Wildman–Crippen LogP) is 5.43. The summed E-state index contributed by atoms with van der Waals surface area (Å²) in [6.45, 7) is 9.39. The molecule has 4 aliphatic heterocycles. The Bertz CT molecular complexity index is 1550. The Labute approximate surface area is 257 Å². The number of amides is 1. The van der Waals surface area contributed by atoms with Crippen molar-refractivity contribution < 1.29 is 23.4 Å². The summed E-state index contributed by atoms with van der Waals surface area (Å²) in [5.74, 6) is 0.564. The molecule has 44 heavy (non-hydrogen) atoms. The van der Waals surface area contributed by atoms with Crippen molar-refractivity contribution in [1.29, 1.82) is 0 Å². The topological polar surface area (TPSA) is 93.2 Å². The second-order valence-electron chi connectivity index (χ2n) is 13.6. The van der Waals surface area contributed by atoms with Gasteiger partial charge in [-0.25, -0.2) is 9.18 Å². The van der Waals surface area contributed by atoms with Crippen molar-refractivity contribution >= 4 is 22.8 Å². The molecule has 2 unspecified atom stereocenters. The summed E-state index contributed by atoms with van der Waals surface area (Å²) >= 11 is 0. The second-order valence-corrected chi connectivity index (χ2v) is 13.6. The van der Waals surface area contributed by atoms with Crippen LogP contribution in [0.1, 0.15) is 59.3 Å².